The van der Waals surface area contributed by atoms with Crippen LogP contribution in [-0.4, -0.2) is 21.1 Å². The molecule has 0 aliphatic carbocycles. The Bertz CT molecular complexity index is 113. The van der Waals surface area contributed by atoms with Gasteiger partial charge < -0.3 is 0 Å². The molecule has 0 atom stereocenters. The van der Waals surface area contributed by atoms with E-state index >= 15 is 0 Å². The molecule has 0 unspecified atom stereocenters. The summed E-state index contributed by atoms with van der Waals surface area (Å²) >= 11 is 0. The fourth-order valence-electron chi connectivity index (χ4n) is 0.681. The van der Waals surface area contributed by atoms with Crippen LogP contribution >= 0.6 is 8.55 Å². The second-order valence-electron chi connectivity index (χ2n) is 2.80. The third-order valence-corrected chi connectivity index (χ3v) is 2.59. The Labute approximate surface area is 84.0 Å². The van der Waals surface area contributed by atoms with Crippen molar-refractivity contribution < 1.29 is 13.6 Å². The van der Waals surface area contributed by atoms with E-state index in [2.05, 4.69) is 0 Å². The molecule has 0 aromatic rings. The van der Waals surface area contributed by atoms with Crippen LogP contribution in [0.15, 0.2) is 0 Å². The van der Waals surface area contributed by atoms with Crippen molar-refractivity contribution in [1.29, 1.82) is 1.28 Å². The zero-order valence-corrected chi connectivity index (χ0v) is 9.97. The maximum absolute atomic E-state index is 7.90. The molecule has 0 aliphatic rings. The van der Waals surface area contributed by atoms with Gasteiger partial charge in [-0.05, 0) is 0 Å². The Morgan fingerprint density at radius 3 is 1.38 bits per heavy atom. The first-order valence-electron chi connectivity index (χ1n) is 5.60. The van der Waals surface area contributed by atoms with Gasteiger partial charge in [-0.3, -0.25) is 0 Å². The number of hydrogen-bond acceptors (Lipinski definition) is 3. The molecule has 13 heavy (non-hydrogen) atoms. The molecule has 4 heteroatoms. The van der Waals surface area contributed by atoms with E-state index in [1.54, 1.807) is 0 Å². The van der Waals surface area contributed by atoms with Crippen LogP contribution in [0.2, 0.25) is 0 Å². The van der Waals surface area contributed by atoms with E-state index in [1.807, 2.05) is 20.8 Å². The summed E-state index contributed by atoms with van der Waals surface area (Å²) in [6, 6.07) is 0. The summed E-state index contributed by atoms with van der Waals surface area (Å²) in [5, 5.41) is 0. The van der Waals surface area contributed by atoms with Crippen molar-refractivity contribution in [3.63, 3.8) is 0 Å². The normalized spacial score (nSPS) is 14.2. The molecule has 0 saturated carbocycles. The summed E-state index contributed by atoms with van der Waals surface area (Å²) < 4.78 is 23.9. The van der Waals surface area contributed by atoms with E-state index in [0.29, 0.717) is 19.8 Å². The number of hydrogen-bond donors (Lipinski definition) is 0. The summed E-state index contributed by atoms with van der Waals surface area (Å²) in [7, 11) is -3.06. The van der Waals surface area contributed by atoms with Crippen molar-refractivity contribution in [3.8, 4) is 0 Å². The fourth-order valence-corrected chi connectivity index (χ4v) is 2.04. The van der Waals surface area contributed by atoms with Gasteiger partial charge in [0.25, 0.3) is 0 Å². The molecule has 0 N–H and O–H groups in total. The van der Waals surface area contributed by atoms with E-state index < -0.39 is 8.55 Å². The Morgan fingerprint density at radius 1 is 0.846 bits per heavy atom. The van der Waals surface area contributed by atoms with Gasteiger partial charge in [-0.1, -0.05) is 0 Å². The van der Waals surface area contributed by atoms with Crippen LogP contribution in [-0.2, 0) is 13.6 Å². The summed E-state index contributed by atoms with van der Waals surface area (Å²) in [6.45, 7) is 7.66. The van der Waals surface area contributed by atoms with Gasteiger partial charge in [-0.15, -0.1) is 0 Å². The first-order valence-corrected chi connectivity index (χ1v) is 6.32. The van der Waals surface area contributed by atoms with Gasteiger partial charge in [0, 0.05) is 0 Å². The molecule has 3 nitrogen and oxygen atoms in total. The molecule has 0 amide bonds. The third kappa shape index (κ3) is 8.63. The summed E-state index contributed by atoms with van der Waals surface area (Å²) in [4.78, 5) is 0. The maximum atomic E-state index is 7.90. The van der Waals surface area contributed by atoms with Gasteiger partial charge in [0.1, 0.15) is 0 Å². The van der Waals surface area contributed by atoms with Gasteiger partial charge >= 0.3 is 83.3 Å². The van der Waals surface area contributed by atoms with Crippen LogP contribution < -0.4 is 0 Å². The van der Waals surface area contributed by atoms with E-state index in [0.717, 1.165) is 19.3 Å². The Hall–Kier alpha value is 0.310. The fraction of sp³-hybridized carbons (Fsp3) is 1.00. The summed E-state index contributed by atoms with van der Waals surface area (Å²) in [5.41, 5.74) is 0. The topological polar surface area (TPSA) is 27.7 Å². The molecule has 82 valence electrons. The predicted molar refractivity (Wildman–Crippen MR) is 58.4 cm³/mol. The van der Waals surface area contributed by atoms with E-state index in [9.17, 15) is 0 Å². The van der Waals surface area contributed by atoms with Crippen molar-refractivity contribution in [2.75, 3.05) is 19.8 Å². The summed E-state index contributed by atoms with van der Waals surface area (Å²) in [5.74, 6) is 0. The molecule has 0 fully saturated rings. The first-order chi connectivity index (χ1) is 6.68. The van der Waals surface area contributed by atoms with E-state index in [1.165, 1.54) is 0 Å². The van der Waals surface area contributed by atoms with Crippen LogP contribution in [0.4, 0.5) is 0 Å². The molecule has 0 rings (SSSR count). The molecule has 0 aromatic carbocycles. The Balaban J connectivity index is 3.89. The Morgan fingerprint density at radius 2 is 1.15 bits per heavy atom. The van der Waals surface area contributed by atoms with Gasteiger partial charge in [0.15, 0.2) is 0 Å². The van der Waals surface area contributed by atoms with Crippen molar-refractivity contribution >= 4 is 8.55 Å². The second-order valence-corrected chi connectivity index (χ2v) is 4.16. The van der Waals surface area contributed by atoms with Gasteiger partial charge in [0.05, 0.1) is 0 Å². The van der Waals surface area contributed by atoms with Crippen LogP contribution in [0.3, 0.4) is 0 Å². The monoisotopic (exact) mass is 212 g/mol. The van der Waals surface area contributed by atoms with Crippen LogP contribution in [0.5, 0.6) is 0 Å². The number of rotatable bonds is 9. The molecule has 0 aromatic heterocycles. The van der Waals surface area contributed by atoms with Crippen LogP contribution in [0.1, 0.15) is 40.0 Å². The third-order valence-electron chi connectivity index (χ3n) is 1.27. The Kier molecular flexibility index (Phi) is 9.10. The van der Waals surface area contributed by atoms with E-state index in [-0.39, 0.29) is 0 Å². The minimum atomic E-state index is -3.06. The molecule has 0 heterocycles. The van der Waals surface area contributed by atoms with Gasteiger partial charge in [-0.2, -0.15) is 0 Å². The first kappa shape index (κ1) is 11.4. The quantitative estimate of drug-likeness (QED) is 0.550. The average molecular weight is 212 g/mol. The zero-order valence-electron chi connectivity index (χ0n) is 9.97. The zero-order chi connectivity index (χ0) is 10.9. The molecular weight excluding hydrogens is 187 g/mol. The molecule has 0 saturated heterocycles. The SMILES string of the molecule is [3H][PH](OCCC)(OCCC)OCCC. The van der Waals surface area contributed by atoms with Gasteiger partial charge in [-0.25, -0.2) is 0 Å². The molecular formula is C9H23O3P. The van der Waals surface area contributed by atoms with Crippen molar-refractivity contribution in [2.24, 2.45) is 0 Å². The van der Waals surface area contributed by atoms with Crippen molar-refractivity contribution in [2.45, 2.75) is 40.0 Å². The minimum absolute atomic E-state index is 0.545. The van der Waals surface area contributed by atoms with Crippen molar-refractivity contribution in [1.82, 2.24) is 0 Å². The molecule has 0 radical (unpaired) electrons. The summed E-state index contributed by atoms with van der Waals surface area (Å²) in [6.07, 6.45) is 2.66. The molecule has 0 aliphatic heterocycles. The molecule has 0 spiro atoms. The van der Waals surface area contributed by atoms with E-state index in [4.69, 9.17) is 14.8 Å². The van der Waals surface area contributed by atoms with Crippen LogP contribution in [0, 0.1) is 0 Å². The molecule has 0 bridgehead atoms. The van der Waals surface area contributed by atoms with Gasteiger partial charge in [0.2, 0.25) is 0 Å². The standard InChI is InChI=1S/C9H23O3P/c1-4-7-10-13(11-8-5-2)12-9-6-3/h4-9,13H2,1-3H3/i13T. The van der Waals surface area contributed by atoms with Crippen LogP contribution in [0.25, 0.3) is 0 Å². The van der Waals surface area contributed by atoms with Crippen molar-refractivity contribution in [3.05, 3.63) is 0 Å². The average Bonchev–Trinajstić information content (AvgIpc) is 2.21. The predicted octanol–water partition coefficient (Wildman–Crippen LogP) is 2.96. The second kappa shape index (κ2) is 10.4.